The average Bonchev–Trinajstić information content (AvgIpc) is 2.49. The van der Waals surface area contributed by atoms with E-state index in [2.05, 4.69) is 0 Å². The fraction of sp³-hybridized carbons (Fsp3) is 0.500. The molecule has 1 aromatic carbocycles. The first-order chi connectivity index (χ1) is 10.1. The van der Waals surface area contributed by atoms with Gasteiger partial charge in [-0.2, -0.15) is 0 Å². The van der Waals surface area contributed by atoms with Gasteiger partial charge >= 0.3 is 0 Å². The highest BCUT2D eigenvalue weighted by Gasteiger charge is 2.31. The van der Waals surface area contributed by atoms with Crippen LogP contribution in [0.1, 0.15) is 24.3 Å². The van der Waals surface area contributed by atoms with E-state index in [0.717, 1.165) is 31.5 Å². The van der Waals surface area contributed by atoms with Gasteiger partial charge in [0.25, 0.3) is 0 Å². The fourth-order valence-electron chi connectivity index (χ4n) is 2.89. The second-order valence-corrected chi connectivity index (χ2v) is 5.97. The standard InChI is InChI=1S/C16H22N2O2S/c1-20-11-12-6-5-9-18(10-12)16(19)14(15(17)21)13-7-3-2-4-8-13/h2-4,7-8,12,14H,5-6,9-11H2,1H3,(H2,17,21). The van der Waals surface area contributed by atoms with E-state index in [1.54, 1.807) is 7.11 Å². The number of carbonyl (C=O) groups is 1. The molecular formula is C16H22N2O2S. The van der Waals surface area contributed by atoms with Gasteiger partial charge in [0.15, 0.2) is 0 Å². The lowest BCUT2D eigenvalue weighted by atomic mass is 9.94. The molecule has 1 aliphatic heterocycles. The number of piperidine rings is 1. The number of amides is 1. The lowest BCUT2D eigenvalue weighted by Gasteiger charge is -2.34. The largest absolute Gasteiger partial charge is 0.392 e. The van der Waals surface area contributed by atoms with Gasteiger partial charge in [-0.05, 0) is 24.3 Å². The number of nitrogens with zero attached hydrogens (tertiary/aromatic N) is 1. The third-order valence-electron chi connectivity index (χ3n) is 3.90. The van der Waals surface area contributed by atoms with Crippen molar-refractivity contribution < 1.29 is 9.53 Å². The topological polar surface area (TPSA) is 55.6 Å². The Morgan fingerprint density at radius 2 is 2.19 bits per heavy atom. The molecule has 0 spiro atoms. The summed E-state index contributed by atoms with van der Waals surface area (Å²) >= 11 is 5.13. The van der Waals surface area contributed by atoms with Crippen LogP contribution >= 0.6 is 12.2 Å². The molecular weight excluding hydrogens is 284 g/mol. The predicted molar refractivity (Wildman–Crippen MR) is 87.1 cm³/mol. The van der Waals surface area contributed by atoms with Crippen LogP contribution in [0.15, 0.2) is 30.3 Å². The molecule has 2 unspecified atom stereocenters. The molecule has 1 aliphatic rings. The third-order valence-corrected chi connectivity index (χ3v) is 4.13. The van der Waals surface area contributed by atoms with Crippen LogP contribution in [0.4, 0.5) is 0 Å². The van der Waals surface area contributed by atoms with Crippen LogP contribution < -0.4 is 5.73 Å². The maximum atomic E-state index is 12.8. The van der Waals surface area contributed by atoms with Gasteiger partial charge in [-0.25, -0.2) is 0 Å². The molecule has 4 nitrogen and oxygen atoms in total. The molecule has 0 aliphatic carbocycles. The molecule has 2 atom stereocenters. The van der Waals surface area contributed by atoms with Crippen molar-refractivity contribution in [1.29, 1.82) is 0 Å². The van der Waals surface area contributed by atoms with Gasteiger partial charge in [-0.3, -0.25) is 4.79 Å². The number of rotatable bonds is 5. The van der Waals surface area contributed by atoms with Gasteiger partial charge in [0.05, 0.1) is 11.6 Å². The molecule has 0 aromatic heterocycles. The zero-order valence-corrected chi connectivity index (χ0v) is 13.1. The highest BCUT2D eigenvalue weighted by molar-refractivity contribution is 7.80. The Bertz CT molecular complexity index is 490. The Hall–Kier alpha value is -1.46. The number of carbonyl (C=O) groups excluding carboxylic acids is 1. The van der Waals surface area contributed by atoms with Crippen molar-refractivity contribution in [2.75, 3.05) is 26.8 Å². The molecule has 1 heterocycles. The summed E-state index contributed by atoms with van der Waals surface area (Å²) in [6.45, 7) is 2.18. The lowest BCUT2D eigenvalue weighted by Crippen LogP contribution is -2.45. The Morgan fingerprint density at radius 1 is 1.48 bits per heavy atom. The van der Waals surface area contributed by atoms with Gasteiger partial charge in [-0.15, -0.1) is 0 Å². The van der Waals surface area contributed by atoms with Crippen molar-refractivity contribution >= 4 is 23.1 Å². The molecule has 0 bridgehead atoms. The van der Waals surface area contributed by atoms with E-state index in [0.29, 0.717) is 12.5 Å². The summed E-state index contributed by atoms with van der Waals surface area (Å²) in [7, 11) is 1.70. The fourth-order valence-corrected chi connectivity index (χ4v) is 3.13. The summed E-state index contributed by atoms with van der Waals surface area (Å²) in [5.74, 6) is -0.118. The normalized spacial score (nSPS) is 20.0. The Kier molecular flexibility index (Phi) is 5.70. The Balaban J connectivity index is 2.13. The Morgan fingerprint density at radius 3 is 2.81 bits per heavy atom. The second-order valence-electron chi connectivity index (χ2n) is 5.49. The quantitative estimate of drug-likeness (QED) is 0.845. The number of likely N-dealkylation sites (tertiary alicyclic amines) is 1. The SMILES string of the molecule is COCC1CCCN(C(=O)C(C(N)=S)c2ccccc2)C1. The minimum atomic E-state index is -0.525. The maximum Gasteiger partial charge on any atom is 0.237 e. The molecule has 21 heavy (non-hydrogen) atoms. The van der Waals surface area contributed by atoms with Gasteiger partial charge < -0.3 is 15.4 Å². The summed E-state index contributed by atoms with van der Waals surface area (Å²) in [6, 6.07) is 9.52. The van der Waals surface area contributed by atoms with E-state index >= 15 is 0 Å². The number of ether oxygens (including phenoxy) is 1. The number of methoxy groups -OCH3 is 1. The summed E-state index contributed by atoms with van der Waals surface area (Å²) < 4.78 is 5.21. The summed E-state index contributed by atoms with van der Waals surface area (Å²) in [4.78, 5) is 14.9. The van der Waals surface area contributed by atoms with Crippen molar-refractivity contribution in [2.24, 2.45) is 11.7 Å². The van der Waals surface area contributed by atoms with Gasteiger partial charge in [0.1, 0.15) is 5.92 Å². The monoisotopic (exact) mass is 306 g/mol. The van der Waals surface area contributed by atoms with Gasteiger partial charge in [0, 0.05) is 20.2 Å². The van der Waals surface area contributed by atoms with Crippen molar-refractivity contribution in [3.05, 3.63) is 35.9 Å². The molecule has 1 fully saturated rings. The van der Waals surface area contributed by atoms with E-state index < -0.39 is 5.92 Å². The van der Waals surface area contributed by atoms with Gasteiger partial charge in [0.2, 0.25) is 5.91 Å². The molecule has 0 saturated carbocycles. The van der Waals surface area contributed by atoms with Crippen molar-refractivity contribution in [3.63, 3.8) is 0 Å². The van der Waals surface area contributed by atoms with Gasteiger partial charge in [-0.1, -0.05) is 42.5 Å². The van der Waals surface area contributed by atoms with Crippen LogP contribution in [0.25, 0.3) is 0 Å². The Labute approximate surface area is 131 Å². The average molecular weight is 306 g/mol. The second kappa shape index (κ2) is 7.52. The van der Waals surface area contributed by atoms with E-state index in [-0.39, 0.29) is 10.9 Å². The molecule has 5 heteroatoms. The summed E-state index contributed by atoms with van der Waals surface area (Å²) in [6.07, 6.45) is 2.10. The first kappa shape index (κ1) is 15.9. The molecule has 1 amide bonds. The third kappa shape index (κ3) is 4.02. The van der Waals surface area contributed by atoms with Crippen LogP contribution in [0.3, 0.4) is 0 Å². The maximum absolute atomic E-state index is 12.8. The first-order valence-electron chi connectivity index (χ1n) is 7.25. The van der Waals surface area contributed by atoms with E-state index in [1.807, 2.05) is 35.2 Å². The molecule has 2 rings (SSSR count). The van der Waals surface area contributed by atoms with Crippen molar-refractivity contribution in [3.8, 4) is 0 Å². The first-order valence-corrected chi connectivity index (χ1v) is 7.66. The van der Waals surface area contributed by atoms with Crippen LogP contribution in [0.2, 0.25) is 0 Å². The molecule has 0 radical (unpaired) electrons. The van der Waals surface area contributed by atoms with Crippen LogP contribution in [-0.2, 0) is 9.53 Å². The van der Waals surface area contributed by atoms with Crippen LogP contribution in [-0.4, -0.2) is 42.6 Å². The molecule has 1 aromatic rings. The number of benzene rings is 1. The molecule has 114 valence electrons. The minimum Gasteiger partial charge on any atom is -0.392 e. The van der Waals surface area contributed by atoms with Crippen molar-refractivity contribution in [1.82, 2.24) is 4.90 Å². The molecule has 2 N–H and O–H groups in total. The van der Waals surface area contributed by atoms with Crippen LogP contribution in [0, 0.1) is 5.92 Å². The van der Waals surface area contributed by atoms with E-state index in [1.165, 1.54) is 0 Å². The number of thiocarbonyl (C=S) groups is 1. The lowest BCUT2D eigenvalue weighted by molar-refractivity contribution is -0.133. The zero-order chi connectivity index (χ0) is 15.2. The predicted octanol–water partition coefficient (Wildman–Crippen LogP) is 1.94. The van der Waals surface area contributed by atoms with Crippen LogP contribution in [0.5, 0.6) is 0 Å². The van der Waals surface area contributed by atoms with E-state index in [4.69, 9.17) is 22.7 Å². The zero-order valence-electron chi connectivity index (χ0n) is 12.3. The smallest absolute Gasteiger partial charge is 0.237 e. The highest BCUT2D eigenvalue weighted by Crippen LogP contribution is 2.23. The minimum absolute atomic E-state index is 0.00880. The summed E-state index contributed by atoms with van der Waals surface area (Å²) in [5.41, 5.74) is 6.69. The molecule has 1 saturated heterocycles. The number of nitrogens with two attached hydrogens (primary N) is 1. The highest BCUT2D eigenvalue weighted by atomic mass is 32.1. The summed E-state index contributed by atoms with van der Waals surface area (Å²) in [5, 5.41) is 0. The van der Waals surface area contributed by atoms with Crippen molar-refractivity contribution in [2.45, 2.75) is 18.8 Å². The number of hydrogen-bond donors (Lipinski definition) is 1. The number of hydrogen-bond acceptors (Lipinski definition) is 3. The van der Waals surface area contributed by atoms with E-state index in [9.17, 15) is 4.79 Å².